The van der Waals surface area contributed by atoms with Crippen molar-refractivity contribution in [1.82, 2.24) is 14.5 Å². The molecule has 2 atom stereocenters. The lowest BCUT2D eigenvalue weighted by Gasteiger charge is -2.31. The van der Waals surface area contributed by atoms with E-state index in [1.54, 1.807) is 16.5 Å². The lowest BCUT2D eigenvalue weighted by molar-refractivity contribution is -0.145. The largest absolute Gasteiger partial charge is 0.434 e. The topological polar surface area (TPSA) is 47.4 Å². The van der Waals surface area contributed by atoms with Gasteiger partial charge in [0.1, 0.15) is 11.9 Å². The van der Waals surface area contributed by atoms with E-state index < -0.39 is 11.9 Å². The number of ether oxygens (including phenoxy) is 1. The van der Waals surface area contributed by atoms with Crippen molar-refractivity contribution in [3.05, 3.63) is 17.7 Å². The van der Waals surface area contributed by atoms with Crippen LogP contribution in [0.25, 0.3) is 0 Å². The SMILES string of the molecule is CN(C[C@@H]1CCc2nc(C(F)(F)F)cn2C1)C(=O)[C@H]1CCCCO1. The molecule has 1 fully saturated rings. The quantitative estimate of drug-likeness (QED) is 0.846. The van der Waals surface area contributed by atoms with Crippen molar-refractivity contribution in [2.45, 2.75) is 50.9 Å². The van der Waals surface area contributed by atoms with Gasteiger partial charge in [-0.2, -0.15) is 13.2 Å². The van der Waals surface area contributed by atoms with Gasteiger partial charge in [0.15, 0.2) is 5.69 Å². The molecule has 24 heavy (non-hydrogen) atoms. The average molecular weight is 345 g/mol. The first-order valence-corrected chi connectivity index (χ1v) is 8.34. The molecule has 1 aromatic heterocycles. The van der Waals surface area contributed by atoms with E-state index in [1.165, 1.54) is 0 Å². The number of aryl methyl sites for hydroxylation is 1. The summed E-state index contributed by atoms with van der Waals surface area (Å²) in [5, 5.41) is 0. The van der Waals surface area contributed by atoms with Gasteiger partial charge in [0, 0.05) is 39.4 Å². The lowest BCUT2D eigenvalue weighted by Crippen LogP contribution is -2.43. The smallest absolute Gasteiger partial charge is 0.368 e. The summed E-state index contributed by atoms with van der Waals surface area (Å²) in [7, 11) is 1.74. The molecule has 0 unspecified atom stereocenters. The second kappa shape index (κ2) is 6.74. The molecule has 1 saturated heterocycles. The van der Waals surface area contributed by atoms with Gasteiger partial charge in [0.05, 0.1) is 0 Å². The van der Waals surface area contributed by atoms with Crippen LogP contribution in [-0.4, -0.2) is 46.7 Å². The fourth-order valence-corrected chi connectivity index (χ4v) is 3.46. The van der Waals surface area contributed by atoms with E-state index in [-0.39, 0.29) is 17.9 Å². The summed E-state index contributed by atoms with van der Waals surface area (Å²) in [6.07, 6.45) is 0.258. The molecule has 0 aliphatic carbocycles. The van der Waals surface area contributed by atoms with E-state index in [1.807, 2.05) is 0 Å². The molecule has 8 heteroatoms. The number of fused-ring (bicyclic) bond motifs is 1. The molecule has 5 nitrogen and oxygen atoms in total. The number of rotatable bonds is 3. The van der Waals surface area contributed by atoms with Gasteiger partial charge in [0.2, 0.25) is 0 Å². The molecule has 3 heterocycles. The number of amides is 1. The molecule has 0 saturated carbocycles. The minimum atomic E-state index is -4.41. The van der Waals surface area contributed by atoms with Crippen LogP contribution in [0.4, 0.5) is 13.2 Å². The van der Waals surface area contributed by atoms with Gasteiger partial charge in [0.25, 0.3) is 5.91 Å². The van der Waals surface area contributed by atoms with E-state index >= 15 is 0 Å². The van der Waals surface area contributed by atoms with Crippen LogP contribution >= 0.6 is 0 Å². The van der Waals surface area contributed by atoms with Crippen molar-refractivity contribution in [3.63, 3.8) is 0 Å². The summed E-state index contributed by atoms with van der Waals surface area (Å²) in [6.45, 7) is 1.60. The van der Waals surface area contributed by atoms with Crippen molar-refractivity contribution in [2.24, 2.45) is 5.92 Å². The Morgan fingerprint density at radius 2 is 2.21 bits per heavy atom. The highest BCUT2D eigenvalue weighted by Crippen LogP contribution is 2.31. The number of carbonyl (C=O) groups excluding carboxylic acids is 1. The summed E-state index contributed by atoms with van der Waals surface area (Å²) in [6, 6.07) is 0. The van der Waals surface area contributed by atoms with Crippen LogP contribution in [0.15, 0.2) is 6.20 Å². The van der Waals surface area contributed by atoms with E-state index in [0.29, 0.717) is 31.9 Å². The molecule has 0 spiro atoms. The number of likely N-dealkylation sites (N-methyl/N-ethyl adjacent to an activating group) is 1. The molecule has 1 aromatic rings. The highest BCUT2D eigenvalue weighted by molar-refractivity contribution is 5.80. The van der Waals surface area contributed by atoms with Crippen LogP contribution in [0.5, 0.6) is 0 Å². The number of imidazole rings is 1. The molecule has 2 aliphatic heterocycles. The summed E-state index contributed by atoms with van der Waals surface area (Å²) in [4.78, 5) is 17.7. The van der Waals surface area contributed by atoms with Crippen LogP contribution < -0.4 is 0 Å². The predicted molar refractivity (Wildman–Crippen MR) is 80.3 cm³/mol. The molecule has 3 rings (SSSR count). The van der Waals surface area contributed by atoms with E-state index in [2.05, 4.69) is 4.98 Å². The number of aromatic nitrogens is 2. The minimum absolute atomic E-state index is 0.0258. The molecule has 0 radical (unpaired) electrons. The van der Waals surface area contributed by atoms with Gasteiger partial charge in [-0.3, -0.25) is 4.79 Å². The summed E-state index contributed by atoms with van der Waals surface area (Å²) >= 11 is 0. The third kappa shape index (κ3) is 3.74. The zero-order chi connectivity index (χ0) is 17.3. The fraction of sp³-hybridized carbons (Fsp3) is 0.750. The Morgan fingerprint density at radius 3 is 2.88 bits per heavy atom. The van der Waals surface area contributed by atoms with E-state index in [9.17, 15) is 18.0 Å². The Hall–Kier alpha value is -1.57. The Morgan fingerprint density at radius 1 is 1.42 bits per heavy atom. The number of nitrogens with zero attached hydrogens (tertiary/aromatic N) is 3. The van der Waals surface area contributed by atoms with Gasteiger partial charge in [-0.15, -0.1) is 0 Å². The second-order valence-corrected chi connectivity index (χ2v) is 6.67. The molecule has 0 bridgehead atoms. The van der Waals surface area contributed by atoms with Crippen LogP contribution in [0.3, 0.4) is 0 Å². The van der Waals surface area contributed by atoms with E-state index in [0.717, 1.165) is 31.9 Å². The molecular formula is C16H22F3N3O2. The maximum atomic E-state index is 12.8. The van der Waals surface area contributed by atoms with Crippen molar-refractivity contribution < 1.29 is 22.7 Å². The first kappa shape index (κ1) is 17.3. The zero-order valence-corrected chi connectivity index (χ0v) is 13.7. The van der Waals surface area contributed by atoms with Gasteiger partial charge < -0.3 is 14.2 Å². The van der Waals surface area contributed by atoms with Crippen LogP contribution in [-0.2, 0) is 28.7 Å². The Kier molecular flexibility index (Phi) is 4.85. The minimum Gasteiger partial charge on any atom is -0.368 e. The van der Waals surface area contributed by atoms with Crippen LogP contribution in [0.2, 0.25) is 0 Å². The number of alkyl halides is 3. The highest BCUT2D eigenvalue weighted by atomic mass is 19.4. The molecule has 0 N–H and O–H groups in total. The standard InChI is InChI=1S/C16H22F3N3O2/c1-21(15(23)12-4-2-3-7-24-12)8-11-5-6-14-20-13(16(17,18)19)10-22(14)9-11/h10-12H,2-9H2,1H3/t11-,12+/m0/s1. The normalized spacial score (nSPS) is 24.5. The lowest BCUT2D eigenvalue weighted by atomic mass is 9.98. The van der Waals surface area contributed by atoms with Gasteiger partial charge >= 0.3 is 6.18 Å². The first-order valence-electron chi connectivity index (χ1n) is 8.34. The van der Waals surface area contributed by atoms with Crippen LogP contribution in [0.1, 0.15) is 37.2 Å². The Balaban J connectivity index is 1.59. The third-order valence-corrected chi connectivity index (χ3v) is 4.74. The molecule has 1 amide bonds. The number of hydrogen-bond donors (Lipinski definition) is 0. The molecule has 2 aliphatic rings. The van der Waals surface area contributed by atoms with Gasteiger partial charge in [-0.25, -0.2) is 4.98 Å². The third-order valence-electron chi connectivity index (χ3n) is 4.74. The second-order valence-electron chi connectivity index (χ2n) is 6.67. The van der Waals surface area contributed by atoms with Crippen molar-refractivity contribution in [2.75, 3.05) is 20.2 Å². The number of hydrogen-bond acceptors (Lipinski definition) is 3. The van der Waals surface area contributed by atoms with Gasteiger partial charge in [-0.05, 0) is 31.6 Å². The zero-order valence-electron chi connectivity index (χ0n) is 13.7. The highest BCUT2D eigenvalue weighted by Gasteiger charge is 2.36. The van der Waals surface area contributed by atoms with Crippen molar-refractivity contribution in [1.29, 1.82) is 0 Å². The molecule has 134 valence electrons. The summed E-state index contributed by atoms with van der Waals surface area (Å²) in [5.74, 6) is 0.579. The van der Waals surface area contributed by atoms with Crippen molar-refractivity contribution in [3.8, 4) is 0 Å². The summed E-state index contributed by atoms with van der Waals surface area (Å²) < 4.78 is 45.3. The number of halogens is 3. The first-order chi connectivity index (χ1) is 11.3. The number of carbonyl (C=O) groups is 1. The Bertz CT molecular complexity index is 594. The predicted octanol–water partition coefficient (Wildman–Crippen LogP) is 2.49. The fourth-order valence-electron chi connectivity index (χ4n) is 3.46. The van der Waals surface area contributed by atoms with Gasteiger partial charge in [-0.1, -0.05) is 0 Å². The van der Waals surface area contributed by atoms with Crippen molar-refractivity contribution >= 4 is 5.91 Å². The Labute approximate surface area is 138 Å². The maximum Gasteiger partial charge on any atom is 0.434 e. The monoisotopic (exact) mass is 345 g/mol. The molecular weight excluding hydrogens is 323 g/mol. The van der Waals surface area contributed by atoms with E-state index in [4.69, 9.17) is 4.74 Å². The van der Waals surface area contributed by atoms with Crippen LogP contribution in [0, 0.1) is 5.92 Å². The average Bonchev–Trinajstić information content (AvgIpc) is 2.98. The summed E-state index contributed by atoms with van der Waals surface area (Å²) in [5.41, 5.74) is -0.835. The maximum absolute atomic E-state index is 12.8. The molecule has 0 aromatic carbocycles.